The summed E-state index contributed by atoms with van der Waals surface area (Å²) in [6.07, 6.45) is 5.75. The number of hydrogen-bond donors (Lipinski definition) is 1. The lowest BCUT2D eigenvalue weighted by Gasteiger charge is -2.36. The fraction of sp³-hybridized carbons (Fsp3) is 1.00. The van der Waals surface area contributed by atoms with E-state index in [2.05, 4.69) is 31.0 Å². The lowest BCUT2D eigenvalue weighted by atomic mass is 9.92. The van der Waals surface area contributed by atoms with E-state index < -0.39 is 0 Å². The Morgan fingerprint density at radius 2 is 1.87 bits per heavy atom. The van der Waals surface area contributed by atoms with E-state index in [-0.39, 0.29) is 0 Å². The molecule has 1 saturated carbocycles. The van der Waals surface area contributed by atoms with Crippen molar-refractivity contribution in [3.63, 3.8) is 0 Å². The Hall–Kier alpha value is -0.0800. The molecule has 1 atom stereocenters. The van der Waals surface area contributed by atoms with E-state index >= 15 is 0 Å². The van der Waals surface area contributed by atoms with Crippen LogP contribution in [-0.4, -0.2) is 36.6 Å². The molecular weight excluding hydrogens is 184 g/mol. The van der Waals surface area contributed by atoms with Crippen molar-refractivity contribution in [2.24, 2.45) is 5.41 Å². The fourth-order valence-electron chi connectivity index (χ4n) is 3.17. The molecule has 2 rings (SSSR count). The van der Waals surface area contributed by atoms with Crippen molar-refractivity contribution in [3.8, 4) is 0 Å². The van der Waals surface area contributed by atoms with Gasteiger partial charge in [0.05, 0.1) is 0 Å². The molecule has 1 N–H and O–H groups in total. The quantitative estimate of drug-likeness (QED) is 0.714. The van der Waals surface area contributed by atoms with Crippen LogP contribution >= 0.6 is 0 Å². The molecule has 2 fully saturated rings. The average molecular weight is 210 g/mol. The second-order valence-corrected chi connectivity index (χ2v) is 6.25. The maximum absolute atomic E-state index is 3.60. The van der Waals surface area contributed by atoms with Crippen molar-refractivity contribution in [2.45, 2.75) is 58.5 Å². The molecule has 0 spiro atoms. The Labute approximate surface area is 94.4 Å². The first kappa shape index (κ1) is 11.4. The molecule has 1 heterocycles. The molecule has 0 bridgehead atoms. The second-order valence-electron chi connectivity index (χ2n) is 6.25. The van der Waals surface area contributed by atoms with Gasteiger partial charge in [0.1, 0.15) is 0 Å². The van der Waals surface area contributed by atoms with Gasteiger partial charge in [0.25, 0.3) is 0 Å². The van der Waals surface area contributed by atoms with E-state index in [4.69, 9.17) is 0 Å². The summed E-state index contributed by atoms with van der Waals surface area (Å²) >= 11 is 0. The highest BCUT2D eigenvalue weighted by molar-refractivity contribution is 4.89. The van der Waals surface area contributed by atoms with Crippen LogP contribution < -0.4 is 5.32 Å². The lowest BCUT2D eigenvalue weighted by molar-refractivity contribution is 0.114. The van der Waals surface area contributed by atoms with Crippen molar-refractivity contribution >= 4 is 0 Å². The molecule has 2 aliphatic rings. The summed E-state index contributed by atoms with van der Waals surface area (Å²) in [5, 5.41) is 3.60. The van der Waals surface area contributed by atoms with Gasteiger partial charge in [-0.05, 0) is 25.2 Å². The van der Waals surface area contributed by atoms with Crippen molar-refractivity contribution in [3.05, 3.63) is 0 Å². The van der Waals surface area contributed by atoms with E-state index in [1.807, 2.05) is 0 Å². The molecule has 0 amide bonds. The highest BCUT2D eigenvalue weighted by atomic mass is 15.2. The zero-order valence-corrected chi connectivity index (χ0v) is 10.6. The van der Waals surface area contributed by atoms with Crippen LogP contribution in [0, 0.1) is 5.41 Å². The monoisotopic (exact) mass is 210 g/mol. The molecule has 88 valence electrons. The Kier molecular flexibility index (Phi) is 3.36. The SMILES string of the molecule is CC1CNCC(C)(C)CN1C1CCCC1. The first-order chi connectivity index (χ1) is 7.08. The molecular formula is C13H26N2. The van der Waals surface area contributed by atoms with Crippen LogP contribution in [0.2, 0.25) is 0 Å². The molecule has 1 aliphatic carbocycles. The smallest absolute Gasteiger partial charge is 0.0195 e. The van der Waals surface area contributed by atoms with Gasteiger partial charge in [0, 0.05) is 31.7 Å². The molecule has 0 aromatic heterocycles. The average Bonchev–Trinajstić information content (AvgIpc) is 2.62. The molecule has 0 radical (unpaired) electrons. The summed E-state index contributed by atoms with van der Waals surface area (Å²) in [4.78, 5) is 2.77. The largest absolute Gasteiger partial charge is 0.315 e. The number of nitrogens with zero attached hydrogens (tertiary/aromatic N) is 1. The van der Waals surface area contributed by atoms with E-state index in [1.165, 1.54) is 45.3 Å². The van der Waals surface area contributed by atoms with Gasteiger partial charge in [0.2, 0.25) is 0 Å². The number of rotatable bonds is 1. The summed E-state index contributed by atoms with van der Waals surface area (Å²) in [6.45, 7) is 10.8. The summed E-state index contributed by atoms with van der Waals surface area (Å²) in [5.41, 5.74) is 0.438. The van der Waals surface area contributed by atoms with Gasteiger partial charge >= 0.3 is 0 Å². The van der Waals surface area contributed by atoms with E-state index in [9.17, 15) is 0 Å². The molecule has 1 aliphatic heterocycles. The third-order valence-electron chi connectivity index (χ3n) is 4.01. The van der Waals surface area contributed by atoms with E-state index in [0.717, 1.165) is 12.1 Å². The zero-order chi connectivity index (χ0) is 10.9. The molecule has 0 aromatic rings. The van der Waals surface area contributed by atoms with Gasteiger partial charge in [-0.15, -0.1) is 0 Å². The Morgan fingerprint density at radius 1 is 1.20 bits per heavy atom. The second kappa shape index (κ2) is 4.42. The highest BCUT2D eigenvalue weighted by Gasteiger charge is 2.33. The molecule has 15 heavy (non-hydrogen) atoms. The van der Waals surface area contributed by atoms with Crippen LogP contribution in [0.4, 0.5) is 0 Å². The van der Waals surface area contributed by atoms with Crippen LogP contribution in [0.3, 0.4) is 0 Å². The normalized spacial score (nSPS) is 34.2. The highest BCUT2D eigenvalue weighted by Crippen LogP contribution is 2.29. The number of hydrogen-bond acceptors (Lipinski definition) is 2. The minimum atomic E-state index is 0.438. The summed E-state index contributed by atoms with van der Waals surface area (Å²) < 4.78 is 0. The van der Waals surface area contributed by atoms with Gasteiger partial charge in [-0.25, -0.2) is 0 Å². The minimum Gasteiger partial charge on any atom is -0.315 e. The van der Waals surface area contributed by atoms with Crippen LogP contribution in [0.1, 0.15) is 46.5 Å². The molecule has 2 nitrogen and oxygen atoms in total. The predicted octanol–water partition coefficient (Wildman–Crippen LogP) is 2.25. The van der Waals surface area contributed by atoms with Crippen molar-refractivity contribution in [1.29, 1.82) is 0 Å². The predicted molar refractivity (Wildman–Crippen MR) is 65.1 cm³/mol. The molecule has 1 unspecified atom stereocenters. The molecule has 2 heteroatoms. The fourth-order valence-corrected chi connectivity index (χ4v) is 3.17. The number of nitrogens with one attached hydrogen (secondary N) is 1. The minimum absolute atomic E-state index is 0.438. The third-order valence-corrected chi connectivity index (χ3v) is 4.01. The first-order valence-corrected chi connectivity index (χ1v) is 6.55. The van der Waals surface area contributed by atoms with Crippen LogP contribution in [0.5, 0.6) is 0 Å². The van der Waals surface area contributed by atoms with Gasteiger partial charge in [-0.3, -0.25) is 4.90 Å². The van der Waals surface area contributed by atoms with Crippen LogP contribution in [-0.2, 0) is 0 Å². The van der Waals surface area contributed by atoms with Crippen molar-refractivity contribution in [1.82, 2.24) is 10.2 Å². The maximum atomic E-state index is 3.60. The molecule has 1 saturated heterocycles. The molecule has 0 aromatic carbocycles. The summed E-state index contributed by atoms with van der Waals surface area (Å²) in [7, 11) is 0. The zero-order valence-electron chi connectivity index (χ0n) is 10.6. The van der Waals surface area contributed by atoms with Gasteiger partial charge < -0.3 is 5.32 Å². The maximum Gasteiger partial charge on any atom is 0.0195 e. The van der Waals surface area contributed by atoms with E-state index in [0.29, 0.717) is 5.41 Å². The van der Waals surface area contributed by atoms with Gasteiger partial charge in [-0.1, -0.05) is 26.7 Å². The lowest BCUT2D eigenvalue weighted by Crippen LogP contribution is -2.45. The topological polar surface area (TPSA) is 15.3 Å². The van der Waals surface area contributed by atoms with Crippen LogP contribution in [0.15, 0.2) is 0 Å². The van der Waals surface area contributed by atoms with Crippen LogP contribution in [0.25, 0.3) is 0 Å². The van der Waals surface area contributed by atoms with Crippen molar-refractivity contribution < 1.29 is 0 Å². The first-order valence-electron chi connectivity index (χ1n) is 6.55. The van der Waals surface area contributed by atoms with Crippen molar-refractivity contribution in [2.75, 3.05) is 19.6 Å². The third kappa shape index (κ3) is 2.73. The Morgan fingerprint density at radius 3 is 2.53 bits per heavy atom. The summed E-state index contributed by atoms with van der Waals surface area (Å²) in [5.74, 6) is 0. The Bertz CT molecular complexity index is 207. The van der Waals surface area contributed by atoms with Gasteiger partial charge in [-0.2, -0.15) is 0 Å². The Balaban J connectivity index is 2.04. The van der Waals surface area contributed by atoms with Gasteiger partial charge in [0.15, 0.2) is 0 Å². The van der Waals surface area contributed by atoms with E-state index in [1.54, 1.807) is 0 Å². The summed E-state index contributed by atoms with van der Waals surface area (Å²) in [6, 6.07) is 1.59. The standard InChI is InChI=1S/C13H26N2/c1-11-8-14-9-13(2,3)10-15(11)12-6-4-5-7-12/h11-12,14H,4-10H2,1-3H3.